The number of methoxy groups -OCH3 is 1. The monoisotopic (exact) mass is 494 g/mol. The molecule has 3 aromatic heterocycles. The van der Waals surface area contributed by atoms with E-state index in [1.54, 1.807) is 0 Å². The van der Waals surface area contributed by atoms with Gasteiger partial charge in [-0.25, -0.2) is 14.4 Å². The summed E-state index contributed by atoms with van der Waals surface area (Å²) in [4.78, 5) is 11.7. The molecule has 2 unspecified atom stereocenters. The summed E-state index contributed by atoms with van der Waals surface area (Å²) in [6.45, 7) is 6.74. The van der Waals surface area contributed by atoms with Gasteiger partial charge in [-0.3, -0.25) is 4.68 Å². The van der Waals surface area contributed by atoms with Gasteiger partial charge in [0.1, 0.15) is 0 Å². The van der Waals surface area contributed by atoms with Gasteiger partial charge in [-0.2, -0.15) is 9.61 Å². The van der Waals surface area contributed by atoms with E-state index < -0.39 is 5.82 Å². The minimum absolute atomic E-state index is 0.101. The molecule has 2 atom stereocenters. The molecule has 2 saturated heterocycles. The maximum Gasteiger partial charge on any atom is 0.223 e. The van der Waals surface area contributed by atoms with Gasteiger partial charge >= 0.3 is 0 Å². The molecule has 0 radical (unpaired) electrons. The van der Waals surface area contributed by atoms with E-state index in [4.69, 9.17) is 30.4 Å². The third-order valence-electron chi connectivity index (χ3n) is 7.70. The lowest BCUT2D eigenvalue weighted by Crippen LogP contribution is -2.41. The number of nitrogens with two attached hydrogens (primary N) is 1. The molecule has 190 valence electrons. The number of aromatic nitrogens is 6. The molecule has 2 aliphatic heterocycles. The Labute approximate surface area is 208 Å². The van der Waals surface area contributed by atoms with E-state index in [9.17, 15) is 4.39 Å². The molecule has 11 heteroatoms. The molecule has 0 amide bonds. The second-order valence-corrected chi connectivity index (χ2v) is 9.86. The zero-order chi connectivity index (χ0) is 25.0. The molecule has 5 heterocycles. The number of nitrogen functional groups attached to an aromatic ring is 1. The van der Waals surface area contributed by atoms with Crippen molar-refractivity contribution in [1.82, 2.24) is 29.4 Å². The highest BCUT2D eigenvalue weighted by Gasteiger charge is 2.32. The zero-order valence-corrected chi connectivity index (χ0v) is 20.8. The van der Waals surface area contributed by atoms with Crippen molar-refractivity contribution in [2.75, 3.05) is 37.5 Å². The van der Waals surface area contributed by atoms with Crippen molar-refractivity contribution in [2.45, 2.75) is 57.5 Å². The Morgan fingerprint density at radius 2 is 1.94 bits per heavy atom. The van der Waals surface area contributed by atoms with Crippen LogP contribution in [0.2, 0.25) is 0 Å². The first kappa shape index (κ1) is 23.0. The Balaban J connectivity index is 1.33. The molecule has 10 nitrogen and oxygen atoms in total. The summed E-state index contributed by atoms with van der Waals surface area (Å²) in [5.74, 6) is 0.646. The number of hydrogen-bond acceptors (Lipinski definition) is 8. The van der Waals surface area contributed by atoms with Gasteiger partial charge < -0.3 is 20.1 Å². The number of anilines is 2. The molecule has 36 heavy (non-hydrogen) atoms. The van der Waals surface area contributed by atoms with Crippen LogP contribution in [-0.2, 0) is 4.74 Å². The number of piperidine rings is 1. The highest BCUT2D eigenvalue weighted by molar-refractivity contribution is 5.93. The lowest BCUT2D eigenvalue weighted by Gasteiger charge is -2.38. The minimum Gasteiger partial charge on any atom is -0.494 e. The van der Waals surface area contributed by atoms with Crippen molar-refractivity contribution >= 4 is 28.2 Å². The molecule has 0 bridgehead atoms. The normalized spacial score (nSPS) is 21.5. The van der Waals surface area contributed by atoms with Gasteiger partial charge in [0.2, 0.25) is 5.95 Å². The van der Waals surface area contributed by atoms with Gasteiger partial charge in [-0.15, -0.1) is 5.10 Å². The maximum absolute atomic E-state index is 14.5. The van der Waals surface area contributed by atoms with Gasteiger partial charge in [0.05, 0.1) is 36.2 Å². The highest BCUT2D eigenvalue weighted by atomic mass is 19.1. The second-order valence-electron chi connectivity index (χ2n) is 9.86. The van der Waals surface area contributed by atoms with Gasteiger partial charge in [0.25, 0.3) is 0 Å². The fourth-order valence-corrected chi connectivity index (χ4v) is 5.62. The van der Waals surface area contributed by atoms with Crippen molar-refractivity contribution in [2.24, 2.45) is 0 Å². The van der Waals surface area contributed by atoms with Crippen molar-refractivity contribution < 1.29 is 13.9 Å². The fraction of sp³-hybridized carbons (Fsp3) is 0.520. The number of benzene rings is 1. The third kappa shape index (κ3) is 3.73. The van der Waals surface area contributed by atoms with Crippen LogP contribution < -0.4 is 15.4 Å². The summed E-state index contributed by atoms with van der Waals surface area (Å²) >= 11 is 0. The zero-order valence-electron chi connectivity index (χ0n) is 20.8. The predicted molar refractivity (Wildman–Crippen MR) is 134 cm³/mol. The van der Waals surface area contributed by atoms with Crippen LogP contribution in [0.15, 0.2) is 18.3 Å². The Morgan fingerprint density at radius 1 is 1.14 bits per heavy atom. The molecular weight excluding hydrogens is 463 g/mol. The molecule has 2 fully saturated rings. The van der Waals surface area contributed by atoms with Crippen LogP contribution in [0.5, 0.6) is 5.75 Å². The summed E-state index contributed by atoms with van der Waals surface area (Å²) < 4.78 is 28.8. The Bertz CT molecular complexity index is 1430. The maximum atomic E-state index is 14.5. The van der Waals surface area contributed by atoms with Crippen LogP contribution in [0.1, 0.15) is 56.1 Å². The molecule has 4 aromatic rings. The van der Waals surface area contributed by atoms with Crippen LogP contribution in [0.3, 0.4) is 0 Å². The number of nitrogens with zero attached hydrogens (tertiary/aromatic N) is 7. The van der Waals surface area contributed by atoms with E-state index >= 15 is 0 Å². The first-order valence-corrected chi connectivity index (χ1v) is 12.5. The van der Waals surface area contributed by atoms with Crippen molar-refractivity contribution in [3.05, 3.63) is 35.7 Å². The third-order valence-corrected chi connectivity index (χ3v) is 7.70. The topological polar surface area (TPSA) is 109 Å². The smallest absolute Gasteiger partial charge is 0.223 e. The van der Waals surface area contributed by atoms with E-state index in [0.29, 0.717) is 34.5 Å². The van der Waals surface area contributed by atoms with Gasteiger partial charge in [-0.05, 0) is 45.6 Å². The quantitative estimate of drug-likeness (QED) is 0.458. The summed E-state index contributed by atoms with van der Waals surface area (Å²) in [6, 6.07) is 3.68. The van der Waals surface area contributed by atoms with Crippen LogP contribution >= 0.6 is 0 Å². The van der Waals surface area contributed by atoms with Crippen LogP contribution in [0.4, 0.5) is 16.0 Å². The Kier molecular flexibility index (Phi) is 5.66. The molecule has 1 aromatic carbocycles. The number of fused-ring (bicyclic) bond motifs is 3. The fourth-order valence-electron chi connectivity index (χ4n) is 5.62. The van der Waals surface area contributed by atoms with E-state index in [2.05, 4.69) is 28.4 Å². The standard InChI is InChI=1S/C25H31FN8O2/c1-14-4-5-16(13-32(14)21-12-28-33(15(21)2)17-6-8-36-9-7-17)23-30-24-18-10-19(26)22(35-3)11-20(18)29-25(27)34(24)31-23/h10-12,14,16-17H,4-9,13H2,1-3H3,(H2,27,29). The SMILES string of the molecule is COc1cc2nc(N)n3nc(C4CCC(C)N(c5cnn(C6CCOCC6)c5C)C4)nc3c2cc1F. The lowest BCUT2D eigenvalue weighted by atomic mass is 9.92. The van der Waals surface area contributed by atoms with E-state index in [0.717, 1.165) is 51.1 Å². The van der Waals surface area contributed by atoms with Gasteiger partial charge in [0, 0.05) is 43.2 Å². The highest BCUT2D eigenvalue weighted by Crippen LogP contribution is 2.36. The van der Waals surface area contributed by atoms with Crippen molar-refractivity contribution in [3.63, 3.8) is 0 Å². The van der Waals surface area contributed by atoms with Crippen molar-refractivity contribution in [1.29, 1.82) is 0 Å². The first-order chi connectivity index (χ1) is 17.4. The average molecular weight is 495 g/mol. The number of hydrogen-bond donors (Lipinski definition) is 1. The number of ether oxygens (including phenoxy) is 2. The Hall–Kier alpha value is -3.47. The molecule has 6 rings (SSSR count). The summed E-state index contributed by atoms with van der Waals surface area (Å²) in [5.41, 5.74) is 9.57. The predicted octanol–water partition coefficient (Wildman–Crippen LogP) is 3.64. The van der Waals surface area contributed by atoms with Gasteiger partial charge in [0.15, 0.2) is 23.0 Å². The van der Waals surface area contributed by atoms with Crippen LogP contribution in [-0.4, -0.2) is 62.3 Å². The molecule has 0 aliphatic carbocycles. The van der Waals surface area contributed by atoms with Gasteiger partial charge in [-0.1, -0.05) is 0 Å². The number of rotatable bonds is 4. The van der Waals surface area contributed by atoms with Crippen LogP contribution in [0, 0.1) is 12.7 Å². The van der Waals surface area contributed by atoms with E-state index in [-0.39, 0.29) is 17.6 Å². The summed E-state index contributed by atoms with van der Waals surface area (Å²) in [6.07, 6.45) is 5.92. The van der Waals surface area contributed by atoms with E-state index in [1.165, 1.54) is 29.5 Å². The molecule has 0 saturated carbocycles. The van der Waals surface area contributed by atoms with Crippen molar-refractivity contribution in [3.8, 4) is 5.75 Å². The molecular formula is C25H31FN8O2. The lowest BCUT2D eigenvalue weighted by molar-refractivity contribution is 0.0657. The minimum atomic E-state index is -0.474. The molecule has 0 spiro atoms. The van der Waals surface area contributed by atoms with E-state index in [1.807, 2.05) is 6.20 Å². The number of halogens is 1. The second kappa shape index (κ2) is 8.88. The molecule has 2 N–H and O–H groups in total. The first-order valence-electron chi connectivity index (χ1n) is 12.5. The Morgan fingerprint density at radius 3 is 2.72 bits per heavy atom. The largest absolute Gasteiger partial charge is 0.494 e. The summed E-state index contributed by atoms with van der Waals surface area (Å²) in [5, 5.41) is 10.0. The van der Waals surface area contributed by atoms with Crippen LogP contribution in [0.25, 0.3) is 16.6 Å². The summed E-state index contributed by atoms with van der Waals surface area (Å²) in [7, 11) is 1.42. The molecule has 2 aliphatic rings. The average Bonchev–Trinajstić information content (AvgIpc) is 3.50.